The summed E-state index contributed by atoms with van der Waals surface area (Å²) in [6.07, 6.45) is 4.12. The van der Waals surface area contributed by atoms with E-state index >= 15 is 0 Å². The number of ether oxygens (including phenoxy) is 1. The van der Waals surface area contributed by atoms with Crippen LogP contribution >= 0.6 is 22.9 Å². The zero-order chi connectivity index (χ0) is 17.2. The number of thiophene rings is 1. The predicted molar refractivity (Wildman–Crippen MR) is 97.7 cm³/mol. The molecule has 0 amide bonds. The van der Waals surface area contributed by atoms with Crippen LogP contribution in [-0.2, 0) is 4.74 Å². The maximum Gasteiger partial charge on any atom is 0.191 e. The first kappa shape index (κ1) is 16.7. The Hall–Kier alpha value is -1.73. The van der Waals surface area contributed by atoms with Crippen LogP contribution in [0.15, 0.2) is 42.0 Å². The maximum absolute atomic E-state index is 10.7. The first-order valence-electron chi connectivity index (χ1n) is 8.26. The molecule has 25 heavy (non-hydrogen) atoms. The number of hydrogen-bond acceptors (Lipinski definition) is 5. The van der Waals surface area contributed by atoms with Gasteiger partial charge < -0.3 is 9.84 Å². The second-order valence-electron chi connectivity index (χ2n) is 6.03. The van der Waals surface area contributed by atoms with Gasteiger partial charge in [0.05, 0.1) is 4.88 Å². The lowest BCUT2D eigenvalue weighted by Gasteiger charge is -2.22. The van der Waals surface area contributed by atoms with Crippen molar-refractivity contribution < 1.29 is 9.84 Å². The average molecular weight is 376 g/mol. The van der Waals surface area contributed by atoms with Crippen molar-refractivity contribution in [3.63, 3.8) is 0 Å². The molecule has 0 spiro atoms. The number of nitrogens with zero attached hydrogens (tertiary/aromatic N) is 3. The van der Waals surface area contributed by atoms with Crippen molar-refractivity contribution >= 4 is 22.9 Å². The summed E-state index contributed by atoms with van der Waals surface area (Å²) in [7, 11) is 0. The smallest absolute Gasteiger partial charge is 0.191 e. The molecular weight excluding hydrogens is 358 g/mol. The molecule has 5 nitrogen and oxygen atoms in total. The van der Waals surface area contributed by atoms with Crippen LogP contribution in [0.3, 0.4) is 0 Å². The number of rotatable bonds is 4. The summed E-state index contributed by atoms with van der Waals surface area (Å²) in [6, 6.07) is 9.13. The Morgan fingerprint density at radius 1 is 1.24 bits per heavy atom. The van der Waals surface area contributed by atoms with Gasteiger partial charge in [-0.1, -0.05) is 23.7 Å². The predicted octanol–water partition coefficient (Wildman–Crippen LogP) is 4.44. The second-order valence-corrected chi connectivity index (χ2v) is 7.38. The molecule has 0 bridgehead atoms. The van der Waals surface area contributed by atoms with Crippen molar-refractivity contribution in [3.8, 4) is 10.7 Å². The largest absolute Gasteiger partial charge is 0.384 e. The quantitative estimate of drug-likeness (QED) is 0.732. The van der Waals surface area contributed by atoms with Gasteiger partial charge in [-0.2, -0.15) is 0 Å². The van der Waals surface area contributed by atoms with Crippen LogP contribution in [-0.4, -0.2) is 26.5 Å². The molecule has 4 rings (SSSR count). The zero-order valence-corrected chi connectivity index (χ0v) is 15.1. The molecule has 0 radical (unpaired) electrons. The van der Waals surface area contributed by atoms with Gasteiger partial charge in [-0.15, -0.1) is 16.4 Å². The standard InChI is InChI=1S/C18H18ClN3O2S/c19-13-6-4-12(5-7-13)16(23)14-8-10-25-17(14)18-20-11-22(21-18)15-3-1-2-9-24-15/h4-8,10-11,15-16,23H,1-3,9H2. The summed E-state index contributed by atoms with van der Waals surface area (Å²) >= 11 is 7.45. The molecule has 1 N–H and O–H groups in total. The molecule has 2 atom stereocenters. The third kappa shape index (κ3) is 3.48. The molecule has 1 aliphatic heterocycles. The molecule has 2 aromatic heterocycles. The average Bonchev–Trinajstić information content (AvgIpc) is 3.32. The summed E-state index contributed by atoms with van der Waals surface area (Å²) in [5.74, 6) is 0.618. The van der Waals surface area contributed by atoms with Gasteiger partial charge in [0, 0.05) is 17.2 Å². The minimum absolute atomic E-state index is 0.0420. The molecular formula is C18H18ClN3O2S. The zero-order valence-electron chi connectivity index (χ0n) is 13.5. The second kappa shape index (κ2) is 7.25. The van der Waals surface area contributed by atoms with E-state index in [1.165, 1.54) is 11.3 Å². The van der Waals surface area contributed by atoms with E-state index in [1.54, 1.807) is 23.1 Å². The number of benzene rings is 1. The van der Waals surface area contributed by atoms with Crippen molar-refractivity contribution in [2.75, 3.05) is 6.61 Å². The highest BCUT2D eigenvalue weighted by Gasteiger charge is 2.22. The highest BCUT2D eigenvalue weighted by atomic mass is 35.5. The number of hydrogen-bond donors (Lipinski definition) is 1. The SMILES string of the molecule is OC(c1ccc(Cl)cc1)c1ccsc1-c1ncn(C2CCCCO2)n1. The van der Waals surface area contributed by atoms with Gasteiger partial charge >= 0.3 is 0 Å². The van der Waals surface area contributed by atoms with Crippen LogP contribution in [0, 0.1) is 0 Å². The van der Waals surface area contributed by atoms with Gasteiger partial charge in [0.25, 0.3) is 0 Å². The summed E-state index contributed by atoms with van der Waals surface area (Å²) in [5, 5.41) is 17.9. The van der Waals surface area contributed by atoms with Crippen LogP contribution < -0.4 is 0 Å². The van der Waals surface area contributed by atoms with E-state index in [1.807, 2.05) is 23.6 Å². The van der Waals surface area contributed by atoms with E-state index in [0.29, 0.717) is 10.8 Å². The van der Waals surface area contributed by atoms with Crippen LogP contribution in [0.1, 0.15) is 42.7 Å². The molecule has 1 aliphatic rings. The highest BCUT2D eigenvalue weighted by molar-refractivity contribution is 7.13. The van der Waals surface area contributed by atoms with E-state index in [2.05, 4.69) is 10.1 Å². The first-order chi connectivity index (χ1) is 12.2. The van der Waals surface area contributed by atoms with Crippen molar-refractivity contribution in [2.24, 2.45) is 0 Å². The molecule has 0 saturated carbocycles. The van der Waals surface area contributed by atoms with Gasteiger partial charge in [-0.3, -0.25) is 0 Å². The summed E-state index contributed by atoms with van der Waals surface area (Å²) in [5.41, 5.74) is 1.59. The molecule has 0 aliphatic carbocycles. The molecule has 3 heterocycles. The number of aliphatic hydroxyl groups is 1. The topological polar surface area (TPSA) is 60.2 Å². The van der Waals surface area contributed by atoms with Crippen LogP contribution in [0.5, 0.6) is 0 Å². The van der Waals surface area contributed by atoms with E-state index in [0.717, 1.165) is 41.9 Å². The van der Waals surface area contributed by atoms with E-state index < -0.39 is 6.10 Å². The van der Waals surface area contributed by atoms with E-state index in [4.69, 9.17) is 16.3 Å². The fourth-order valence-electron chi connectivity index (χ4n) is 2.99. The fraction of sp³-hybridized carbons (Fsp3) is 0.333. The van der Waals surface area contributed by atoms with Crippen LogP contribution in [0.4, 0.5) is 0 Å². The normalized spacial score (nSPS) is 19.0. The van der Waals surface area contributed by atoms with Gasteiger partial charge in [-0.25, -0.2) is 9.67 Å². The molecule has 1 saturated heterocycles. The van der Waals surface area contributed by atoms with Crippen molar-refractivity contribution in [1.82, 2.24) is 14.8 Å². The van der Waals surface area contributed by atoms with E-state index in [-0.39, 0.29) is 6.23 Å². The van der Waals surface area contributed by atoms with Crippen LogP contribution in [0.25, 0.3) is 10.7 Å². The Labute approximate surface area is 154 Å². The highest BCUT2D eigenvalue weighted by Crippen LogP contribution is 2.35. The lowest BCUT2D eigenvalue weighted by atomic mass is 10.0. The lowest BCUT2D eigenvalue weighted by Crippen LogP contribution is -2.18. The van der Waals surface area contributed by atoms with Crippen molar-refractivity contribution in [1.29, 1.82) is 0 Å². The lowest BCUT2D eigenvalue weighted by molar-refractivity contribution is -0.0395. The monoisotopic (exact) mass is 375 g/mol. The summed E-state index contributed by atoms with van der Waals surface area (Å²) < 4.78 is 7.54. The Morgan fingerprint density at radius 2 is 2.08 bits per heavy atom. The molecule has 1 fully saturated rings. The molecule has 1 aromatic carbocycles. The van der Waals surface area contributed by atoms with Crippen molar-refractivity contribution in [2.45, 2.75) is 31.6 Å². The number of aromatic nitrogens is 3. The Morgan fingerprint density at radius 3 is 2.84 bits per heavy atom. The molecule has 2 unspecified atom stereocenters. The Balaban J connectivity index is 1.61. The fourth-order valence-corrected chi connectivity index (χ4v) is 3.98. The maximum atomic E-state index is 10.7. The Kier molecular flexibility index (Phi) is 4.85. The van der Waals surface area contributed by atoms with Gasteiger partial charge in [0.2, 0.25) is 0 Å². The van der Waals surface area contributed by atoms with Crippen LogP contribution in [0.2, 0.25) is 5.02 Å². The van der Waals surface area contributed by atoms with E-state index in [9.17, 15) is 5.11 Å². The molecule has 3 aromatic rings. The third-order valence-electron chi connectivity index (χ3n) is 4.34. The first-order valence-corrected chi connectivity index (χ1v) is 9.52. The summed E-state index contributed by atoms with van der Waals surface area (Å²) in [4.78, 5) is 5.31. The van der Waals surface area contributed by atoms with Crippen molar-refractivity contribution in [3.05, 3.63) is 58.2 Å². The van der Waals surface area contributed by atoms with Gasteiger partial charge in [-0.05, 0) is 48.4 Å². The third-order valence-corrected chi connectivity index (χ3v) is 5.52. The minimum atomic E-state index is -0.739. The number of halogens is 1. The number of aliphatic hydroxyl groups excluding tert-OH is 1. The molecule has 7 heteroatoms. The summed E-state index contributed by atoms with van der Waals surface area (Å²) in [6.45, 7) is 0.763. The Bertz CT molecular complexity index is 840. The minimum Gasteiger partial charge on any atom is -0.384 e. The molecule has 130 valence electrons. The van der Waals surface area contributed by atoms with Gasteiger partial charge in [0.15, 0.2) is 12.1 Å². The van der Waals surface area contributed by atoms with Gasteiger partial charge in [0.1, 0.15) is 12.4 Å².